The van der Waals surface area contributed by atoms with Crippen LogP contribution < -0.4 is 0 Å². The van der Waals surface area contributed by atoms with Crippen LogP contribution in [0.25, 0.3) is 77.8 Å². The van der Waals surface area contributed by atoms with Crippen molar-refractivity contribution >= 4 is 22.8 Å². The Labute approximate surface area is 439 Å². The second kappa shape index (κ2) is 19.5. The molecule has 7 aromatic carbocycles. The molecule has 73 heavy (non-hydrogen) atoms. The van der Waals surface area contributed by atoms with Gasteiger partial charge in [0.2, 0.25) is 0 Å². The highest BCUT2D eigenvalue weighted by molar-refractivity contribution is 7.00. The Bertz CT molecular complexity index is 3670. The van der Waals surface area contributed by atoms with E-state index in [9.17, 15) is 0 Å². The van der Waals surface area contributed by atoms with E-state index in [4.69, 9.17) is 15.2 Å². The number of aryl methyl sites for hydroxylation is 2. The van der Waals surface area contributed by atoms with Gasteiger partial charge in [-0.3, -0.25) is 0 Å². The lowest BCUT2D eigenvalue weighted by atomic mass is 9.75. The smallest absolute Gasteiger partial charge is 0.113 e. The maximum Gasteiger partial charge on any atom is 0.113 e. The molecule has 1 aromatic heterocycles. The minimum Gasteiger partial charge on any atom is -0.172 e. The average Bonchev–Trinajstić information content (AvgIpc) is 4.12. The Balaban J connectivity index is 0.951. The molecule has 0 radical (unpaired) electrons. The van der Waals surface area contributed by atoms with Gasteiger partial charge >= 0.3 is 0 Å². The molecule has 0 N–H and O–H groups in total. The van der Waals surface area contributed by atoms with Crippen LogP contribution in [0.15, 0.2) is 121 Å². The van der Waals surface area contributed by atoms with Gasteiger partial charge < -0.3 is 0 Å². The van der Waals surface area contributed by atoms with Gasteiger partial charge in [-0.2, -0.15) is 8.75 Å². The minimum atomic E-state index is -0.652. The van der Waals surface area contributed by atoms with Gasteiger partial charge in [0.15, 0.2) is 0 Å². The first-order chi connectivity index (χ1) is 35.5. The van der Waals surface area contributed by atoms with Crippen LogP contribution in [0.2, 0.25) is 0 Å². The van der Waals surface area contributed by atoms with Gasteiger partial charge in [-0.1, -0.05) is 206 Å². The summed E-state index contributed by atoms with van der Waals surface area (Å²) in [7, 11) is 0. The fraction of sp³-hybridized carbons (Fsp3) is 0.314. The second-order valence-corrected chi connectivity index (χ2v) is 22.6. The summed E-state index contributed by atoms with van der Waals surface area (Å²) in [6.07, 6.45) is 20.6. The Morgan fingerprint density at radius 2 is 0.781 bits per heavy atom. The maximum absolute atomic E-state index is 5.59. The van der Waals surface area contributed by atoms with Crippen molar-refractivity contribution in [1.82, 2.24) is 8.75 Å². The highest BCUT2D eigenvalue weighted by Gasteiger charge is 2.42. The zero-order valence-corrected chi connectivity index (χ0v) is 44.7. The van der Waals surface area contributed by atoms with E-state index >= 15 is 0 Å². The number of benzene rings is 7. The fourth-order valence-corrected chi connectivity index (χ4v) is 13.7. The second-order valence-electron chi connectivity index (χ2n) is 22.0. The van der Waals surface area contributed by atoms with Crippen LogP contribution in [0, 0.1) is 49.9 Å². The molecule has 8 aromatic rings. The van der Waals surface area contributed by atoms with Crippen LogP contribution in [-0.2, 0) is 16.2 Å². The lowest BCUT2D eigenvalue weighted by Gasteiger charge is -2.28. The van der Waals surface area contributed by atoms with Crippen molar-refractivity contribution < 1.29 is 0 Å². The third kappa shape index (κ3) is 8.25. The van der Waals surface area contributed by atoms with Gasteiger partial charge in [0.1, 0.15) is 11.0 Å². The summed E-state index contributed by atoms with van der Waals surface area (Å²) in [6, 6.07) is 46.8. The van der Waals surface area contributed by atoms with Crippen molar-refractivity contribution in [2.45, 2.75) is 142 Å². The first-order valence-corrected chi connectivity index (χ1v) is 27.8. The monoisotopic (exact) mass is 966 g/mol. The highest BCUT2D eigenvalue weighted by Crippen LogP contribution is 2.56. The topological polar surface area (TPSA) is 25.8 Å². The first kappa shape index (κ1) is 48.3. The summed E-state index contributed by atoms with van der Waals surface area (Å²) < 4.78 is 10.0. The highest BCUT2D eigenvalue weighted by atomic mass is 32.1. The Kier molecular flexibility index (Phi) is 12.9. The molecule has 0 saturated carbocycles. The standard InChI is InChI=1S/C70H66N2S/c1-9-12-15-18-19-22-39-69(7)61-41-47(5)24-30-55(61)58-33-27-50(44-64(58)69)52-35-36-53(67-66(52)71-73-72-67)51-28-34-59-57-32-26-49(43-63(57)70(8,65(59)45-51)38-21-17-14-11-3)48-25-31-56-54-29-23-46(4)40-60(54)68(6,62(56)42-48)37-20-16-13-10-2/h3,23-36,40-45H,9-10,12-13,15-16,18-20,22,37,39H2,1-2,4-8H3. The van der Waals surface area contributed by atoms with Crippen LogP contribution in [0.5, 0.6) is 0 Å². The summed E-state index contributed by atoms with van der Waals surface area (Å²) in [4.78, 5) is 0. The molecular weight excluding hydrogens is 901 g/mol. The summed E-state index contributed by atoms with van der Waals surface area (Å²) in [5.74, 6) is 15.0. The van der Waals surface area contributed by atoms with E-state index < -0.39 is 5.41 Å². The first-order valence-electron chi connectivity index (χ1n) is 27.1. The van der Waals surface area contributed by atoms with Gasteiger partial charge in [0.05, 0.1) is 17.1 Å². The average molecular weight is 967 g/mol. The quantitative estimate of drug-likeness (QED) is 0.0756. The number of nitrogens with zero attached hydrogens (tertiary/aromatic N) is 2. The zero-order valence-electron chi connectivity index (χ0n) is 43.9. The predicted octanol–water partition coefficient (Wildman–Crippen LogP) is 18.5. The molecule has 1 heterocycles. The molecule has 3 heteroatoms. The van der Waals surface area contributed by atoms with Crippen molar-refractivity contribution in [3.63, 3.8) is 0 Å². The number of aromatic nitrogens is 2. The molecule has 0 aliphatic heterocycles. The van der Waals surface area contributed by atoms with Gasteiger partial charge in [0, 0.05) is 22.0 Å². The number of rotatable bonds is 15. The fourth-order valence-electron chi connectivity index (χ4n) is 13.1. The summed E-state index contributed by atoms with van der Waals surface area (Å²) >= 11 is 1.29. The third-order valence-corrected chi connectivity index (χ3v) is 17.7. The lowest BCUT2D eigenvalue weighted by molar-refractivity contribution is 0.480. The van der Waals surface area contributed by atoms with E-state index in [-0.39, 0.29) is 10.8 Å². The van der Waals surface area contributed by atoms with E-state index in [1.54, 1.807) is 0 Å². The normalized spacial score (nSPS) is 18.4. The van der Waals surface area contributed by atoms with Crippen molar-refractivity contribution in [1.29, 1.82) is 0 Å². The SMILES string of the molecule is C#CC#CC#CC1(C)c2cc(-c3ccc4c(c3)C(C)(CCCCCC)c3cc(C)ccc3-4)ccc2-c2ccc(-c3ccc(-c4ccc5c(c4)C(C)(CCCCCCCC)c4cc(C)ccc4-5)c4nsnc34)cc21. The van der Waals surface area contributed by atoms with Crippen LogP contribution in [0.3, 0.4) is 0 Å². The molecule has 3 aliphatic rings. The molecule has 0 amide bonds. The van der Waals surface area contributed by atoms with Crippen molar-refractivity contribution in [2.24, 2.45) is 0 Å². The van der Waals surface area contributed by atoms with E-state index in [1.807, 2.05) is 0 Å². The summed E-state index contributed by atoms with van der Waals surface area (Å²) in [5.41, 5.74) is 26.7. The summed E-state index contributed by atoms with van der Waals surface area (Å²) in [5, 5.41) is 0. The van der Waals surface area contributed by atoms with Crippen LogP contribution in [0.4, 0.5) is 0 Å². The van der Waals surface area contributed by atoms with Crippen LogP contribution in [-0.4, -0.2) is 8.75 Å². The lowest BCUT2D eigenvalue weighted by Crippen LogP contribution is -2.21. The Hall–Kier alpha value is -6.96. The van der Waals surface area contributed by atoms with E-state index in [2.05, 4.69) is 199 Å². The van der Waals surface area contributed by atoms with Crippen molar-refractivity contribution in [3.05, 3.63) is 166 Å². The molecule has 3 aliphatic carbocycles. The minimum absolute atomic E-state index is 0.0444. The number of fused-ring (bicyclic) bond motifs is 10. The van der Waals surface area contributed by atoms with E-state index in [1.165, 1.54) is 165 Å². The van der Waals surface area contributed by atoms with E-state index in [0.29, 0.717) is 0 Å². The molecule has 0 spiro atoms. The number of hydrogen-bond donors (Lipinski definition) is 0. The molecular formula is C70H66N2S. The van der Waals surface area contributed by atoms with Gasteiger partial charge in [0.25, 0.3) is 0 Å². The van der Waals surface area contributed by atoms with Crippen molar-refractivity contribution in [2.75, 3.05) is 0 Å². The number of hydrogen-bond acceptors (Lipinski definition) is 3. The molecule has 11 rings (SSSR count). The van der Waals surface area contributed by atoms with Gasteiger partial charge in [-0.25, -0.2) is 0 Å². The third-order valence-electron chi connectivity index (χ3n) is 17.2. The van der Waals surface area contributed by atoms with Gasteiger partial charge in [-0.05, 0) is 171 Å². The molecule has 2 nitrogen and oxygen atoms in total. The Morgan fingerprint density at radius 1 is 0.411 bits per heavy atom. The maximum atomic E-state index is 5.59. The number of unbranched alkanes of at least 4 members (excludes halogenated alkanes) is 8. The largest absolute Gasteiger partial charge is 0.172 e. The van der Waals surface area contributed by atoms with Crippen LogP contribution >= 0.6 is 11.7 Å². The molecule has 3 atom stereocenters. The molecule has 0 bridgehead atoms. The Morgan fingerprint density at radius 3 is 1.27 bits per heavy atom. The number of terminal acetylenes is 1. The van der Waals surface area contributed by atoms with Gasteiger partial charge in [-0.15, -0.1) is 6.42 Å². The van der Waals surface area contributed by atoms with Crippen molar-refractivity contribution in [3.8, 4) is 103 Å². The molecule has 3 unspecified atom stereocenters. The van der Waals surface area contributed by atoms with E-state index in [0.717, 1.165) is 46.1 Å². The van der Waals surface area contributed by atoms with Crippen LogP contribution in [0.1, 0.15) is 156 Å². The summed E-state index contributed by atoms with van der Waals surface area (Å²) in [6.45, 7) is 16.3. The molecule has 0 saturated heterocycles. The predicted molar refractivity (Wildman–Crippen MR) is 310 cm³/mol. The molecule has 0 fully saturated rings. The molecule has 362 valence electrons. The zero-order chi connectivity index (χ0) is 50.5.